The highest BCUT2D eigenvalue weighted by atomic mass is 28.2. The van der Waals surface area contributed by atoms with Crippen LogP contribution >= 0.6 is 0 Å². The number of hydrogen-bond acceptors (Lipinski definition) is 7. The molecule has 1 amide bonds. The lowest BCUT2D eigenvalue weighted by atomic mass is 9.51. The second kappa shape index (κ2) is 16.1. The molecule has 4 rings (SSSR count). The van der Waals surface area contributed by atoms with E-state index in [2.05, 4.69) is 63.8 Å². The van der Waals surface area contributed by atoms with Gasteiger partial charge in [0.2, 0.25) is 5.91 Å². The summed E-state index contributed by atoms with van der Waals surface area (Å²) in [6.07, 6.45) is -0.215. The Morgan fingerprint density at radius 2 is 1.33 bits per heavy atom. The zero-order valence-corrected chi connectivity index (χ0v) is 32.0. The van der Waals surface area contributed by atoms with Crippen molar-refractivity contribution < 1.29 is 33.0 Å². The summed E-state index contributed by atoms with van der Waals surface area (Å²) in [7, 11) is 3.87. The first kappa shape index (κ1) is 37.0. The zero-order valence-electron chi connectivity index (χ0n) is 30.0. The van der Waals surface area contributed by atoms with Crippen LogP contribution in [0, 0.1) is 22.7 Å². The Morgan fingerprint density at radius 1 is 0.812 bits per heavy atom. The lowest BCUT2D eigenvalue weighted by Crippen LogP contribution is -2.76. The van der Waals surface area contributed by atoms with Crippen LogP contribution in [0.5, 0.6) is 11.5 Å². The van der Waals surface area contributed by atoms with E-state index in [0.717, 1.165) is 28.2 Å². The second-order valence-electron chi connectivity index (χ2n) is 14.2. The van der Waals surface area contributed by atoms with Gasteiger partial charge in [-0.1, -0.05) is 89.2 Å². The molecule has 0 spiro atoms. The van der Waals surface area contributed by atoms with Gasteiger partial charge >= 0.3 is 6.16 Å². The molecule has 0 aromatic heterocycles. The number of nitrogens with zero attached hydrogens (tertiary/aromatic N) is 1. The van der Waals surface area contributed by atoms with E-state index in [1.165, 1.54) is 0 Å². The third-order valence-electron chi connectivity index (χ3n) is 10.2. The van der Waals surface area contributed by atoms with Gasteiger partial charge in [-0.15, -0.1) is 0 Å². The van der Waals surface area contributed by atoms with E-state index in [0.29, 0.717) is 29.9 Å². The van der Waals surface area contributed by atoms with E-state index in [4.69, 9.17) is 23.4 Å². The molecule has 0 radical (unpaired) electrons. The number of ether oxygens (including phenoxy) is 4. The maximum atomic E-state index is 14.6. The number of carbonyl (C=O) groups excluding carboxylic acids is 2. The predicted molar refractivity (Wildman–Crippen MR) is 191 cm³/mol. The molecular formula is C39H53NO7Si. The lowest BCUT2D eigenvalue weighted by Gasteiger charge is -2.65. The van der Waals surface area contributed by atoms with Gasteiger partial charge in [0.05, 0.1) is 26.2 Å². The average Bonchev–Trinajstić information content (AvgIpc) is 3.05. The van der Waals surface area contributed by atoms with Crippen molar-refractivity contribution in [2.75, 3.05) is 20.8 Å². The first-order chi connectivity index (χ1) is 22.9. The first-order valence-electron chi connectivity index (χ1n) is 16.8. The molecule has 0 bridgehead atoms. The highest BCUT2D eigenvalue weighted by Gasteiger charge is 2.65. The summed E-state index contributed by atoms with van der Waals surface area (Å²) in [6.45, 7) is 13.5. The van der Waals surface area contributed by atoms with Crippen LogP contribution in [0.3, 0.4) is 0 Å². The summed E-state index contributed by atoms with van der Waals surface area (Å²) in [5.41, 5.74) is 2.36. The summed E-state index contributed by atoms with van der Waals surface area (Å²) >= 11 is 0. The number of rotatable bonds is 15. The van der Waals surface area contributed by atoms with Crippen molar-refractivity contribution in [2.24, 2.45) is 22.7 Å². The smallest absolute Gasteiger partial charge is 0.497 e. The fraction of sp³-hybridized carbons (Fsp3) is 0.487. The molecule has 8 nitrogen and oxygen atoms in total. The summed E-state index contributed by atoms with van der Waals surface area (Å²) < 4.78 is 28.3. The Morgan fingerprint density at radius 3 is 1.77 bits per heavy atom. The highest BCUT2D eigenvalue weighted by Crippen LogP contribution is 2.56. The molecule has 260 valence electrons. The number of amides is 1. The fourth-order valence-electron chi connectivity index (χ4n) is 7.64. The van der Waals surface area contributed by atoms with Crippen molar-refractivity contribution >= 4 is 22.5 Å². The van der Waals surface area contributed by atoms with Crippen LogP contribution in [0.15, 0.2) is 78.9 Å². The van der Waals surface area contributed by atoms with Crippen LogP contribution in [0.2, 0.25) is 0 Å². The summed E-state index contributed by atoms with van der Waals surface area (Å²) in [6, 6.07) is 25.1. The van der Waals surface area contributed by atoms with E-state index >= 15 is 0 Å². The Balaban J connectivity index is 1.74. The number of carbonyl (C=O) groups is 2. The summed E-state index contributed by atoms with van der Waals surface area (Å²) in [4.78, 5) is 29.7. The van der Waals surface area contributed by atoms with Crippen LogP contribution in [-0.4, -0.2) is 66.5 Å². The molecule has 1 fully saturated rings. The van der Waals surface area contributed by atoms with Gasteiger partial charge in [0.15, 0.2) is 0 Å². The number of benzene rings is 3. The zero-order chi connectivity index (χ0) is 35.1. The Labute approximate surface area is 289 Å². The molecule has 3 aromatic carbocycles. The van der Waals surface area contributed by atoms with Crippen LogP contribution in [0.4, 0.5) is 4.79 Å². The van der Waals surface area contributed by atoms with Crippen LogP contribution in [-0.2, 0) is 38.1 Å². The molecule has 1 saturated heterocycles. The first-order valence-corrected chi connectivity index (χ1v) is 17.6. The van der Waals surface area contributed by atoms with Crippen molar-refractivity contribution in [2.45, 2.75) is 79.2 Å². The van der Waals surface area contributed by atoms with Crippen LogP contribution in [0.25, 0.3) is 0 Å². The average molecular weight is 676 g/mol. The molecule has 0 saturated carbocycles. The van der Waals surface area contributed by atoms with Gasteiger partial charge in [-0.05, 0) is 72.1 Å². The van der Waals surface area contributed by atoms with Gasteiger partial charge in [0.25, 0.3) is 0 Å². The van der Waals surface area contributed by atoms with Gasteiger partial charge < -0.3 is 28.3 Å². The summed E-state index contributed by atoms with van der Waals surface area (Å²) in [5, 5.41) is 0. The highest BCUT2D eigenvalue weighted by molar-refractivity contribution is 5.98. The van der Waals surface area contributed by atoms with Crippen LogP contribution < -0.4 is 9.47 Å². The molecule has 0 N–H and O–H groups in total. The van der Waals surface area contributed by atoms with Crippen molar-refractivity contribution in [3.63, 3.8) is 0 Å². The standard InChI is InChI=1S/C39H53NO7Si/c1-26(2)39(25-46-48,38(4,5)6)35-34(27(3)47-37(42)45-24-30-12-10-9-11-13-30)36(41)40(35)31(22-28-14-18-32(43-7)19-15-28)23-29-16-20-33(44-8)21-17-29/h9-21,26-27,31,34-35H,22-25H2,1-8,48H3/t27-,34-,35-,39-/m1/s1. The predicted octanol–water partition coefficient (Wildman–Crippen LogP) is 6.41. The van der Waals surface area contributed by atoms with Crippen LogP contribution in [0.1, 0.15) is 58.2 Å². The van der Waals surface area contributed by atoms with Gasteiger partial charge in [-0.3, -0.25) is 4.79 Å². The van der Waals surface area contributed by atoms with E-state index in [9.17, 15) is 9.59 Å². The maximum Gasteiger partial charge on any atom is 0.508 e. The fourth-order valence-corrected chi connectivity index (χ4v) is 8.12. The van der Waals surface area contributed by atoms with E-state index in [1.807, 2.05) is 61.5 Å². The maximum absolute atomic E-state index is 14.6. The summed E-state index contributed by atoms with van der Waals surface area (Å²) in [5.74, 6) is 1.11. The Kier molecular flexibility index (Phi) is 12.4. The van der Waals surface area contributed by atoms with Gasteiger partial charge in [-0.25, -0.2) is 4.79 Å². The van der Waals surface area contributed by atoms with E-state index < -0.39 is 23.6 Å². The number of likely N-dealkylation sites (tertiary alicyclic amines) is 1. The molecule has 0 unspecified atom stereocenters. The van der Waals surface area contributed by atoms with Gasteiger partial charge in [0.1, 0.15) is 34.7 Å². The molecule has 0 aliphatic carbocycles. The second-order valence-corrected chi connectivity index (χ2v) is 14.8. The molecular weight excluding hydrogens is 623 g/mol. The molecule has 9 heteroatoms. The Bertz CT molecular complexity index is 1420. The van der Waals surface area contributed by atoms with Gasteiger partial charge in [-0.2, -0.15) is 0 Å². The third kappa shape index (κ3) is 8.06. The molecule has 4 atom stereocenters. The molecule has 1 heterocycles. The quantitative estimate of drug-likeness (QED) is 0.105. The molecule has 48 heavy (non-hydrogen) atoms. The normalized spacial score (nSPS) is 18.3. The minimum absolute atomic E-state index is 0.0296. The van der Waals surface area contributed by atoms with E-state index in [1.54, 1.807) is 14.2 Å². The topological polar surface area (TPSA) is 83.5 Å². The molecule has 1 aliphatic heterocycles. The monoisotopic (exact) mass is 675 g/mol. The molecule has 3 aromatic rings. The largest absolute Gasteiger partial charge is 0.508 e. The van der Waals surface area contributed by atoms with Crippen molar-refractivity contribution in [3.8, 4) is 11.5 Å². The minimum Gasteiger partial charge on any atom is -0.497 e. The lowest BCUT2D eigenvalue weighted by molar-refractivity contribution is -0.205. The number of β-lactam (4-membered cyclic amide) rings is 1. The van der Waals surface area contributed by atoms with E-state index in [-0.39, 0.29) is 35.9 Å². The minimum atomic E-state index is -0.783. The van der Waals surface area contributed by atoms with Gasteiger partial charge in [0, 0.05) is 18.1 Å². The number of hydrogen-bond donors (Lipinski definition) is 0. The third-order valence-corrected chi connectivity index (χ3v) is 10.4. The van der Waals surface area contributed by atoms with Crippen molar-refractivity contribution in [1.82, 2.24) is 4.90 Å². The Hall–Kier alpha value is -3.82. The number of methoxy groups -OCH3 is 2. The van der Waals surface area contributed by atoms with Crippen molar-refractivity contribution in [1.29, 1.82) is 0 Å². The van der Waals surface area contributed by atoms with Crippen molar-refractivity contribution in [3.05, 3.63) is 95.6 Å². The molecule has 1 aliphatic rings. The SMILES string of the molecule is COc1ccc(CC(Cc2ccc(OC)cc2)N2C(=O)[C@H]([C@@H](C)OC(=O)OCc3ccccc3)[C@@H]2[C@@](CO[SiH3])(C(C)C)C(C)(C)C)cc1.